The van der Waals surface area contributed by atoms with Gasteiger partial charge >= 0.3 is 0 Å². The summed E-state index contributed by atoms with van der Waals surface area (Å²) in [6.07, 6.45) is 4.91. The van der Waals surface area contributed by atoms with Gasteiger partial charge in [-0.2, -0.15) is 0 Å². The minimum Gasteiger partial charge on any atom is -0.134 e. The van der Waals surface area contributed by atoms with Crippen molar-refractivity contribution in [2.45, 2.75) is 40.5 Å². The topological polar surface area (TPSA) is 0 Å². The molecule has 0 radical (unpaired) electrons. The maximum absolute atomic E-state index is 2.23. The van der Waals surface area contributed by atoms with E-state index in [4.69, 9.17) is 0 Å². The Bertz CT molecular complexity index is 260. The van der Waals surface area contributed by atoms with Gasteiger partial charge < -0.3 is 0 Å². The van der Waals surface area contributed by atoms with Crippen LogP contribution >= 0.6 is 11.8 Å². The lowest BCUT2D eigenvalue weighted by molar-refractivity contribution is 0.966. The molecule has 2 rings (SSSR count). The Balaban J connectivity index is 0.000000251. The van der Waals surface area contributed by atoms with E-state index in [0.29, 0.717) is 0 Å². The molecule has 1 aromatic rings. The van der Waals surface area contributed by atoms with E-state index in [1.165, 1.54) is 29.7 Å². The van der Waals surface area contributed by atoms with Gasteiger partial charge in [0.1, 0.15) is 0 Å². The zero-order chi connectivity index (χ0) is 12.2. The number of allylic oxidation sites excluding steroid dienone is 1. The second kappa shape index (κ2) is 10.8. The van der Waals surface area contributed by atoms with Gasteiger partial charge in [0.05, 0.1) is 0 Å². The van der Waals surface area contributed by atoms with E-state index in [1.54, 1.807) is 0 Å². The Morgan fingerprint density at radius 1 is 1.00 bits per heavy atom. The van der Waals surface area contributed by atoms with E-state index in [2.05, 4.69) is 49.6 Å². The summed E-state index contributed by atoms with van der Waals surface area (Å²) in [6.45, 7) is 8.24. The van der Waals surface area contributed by atoms with Crippen LogP contribution in [0.1, 0.15) is 37.8 Å². The lowest BCUT2D eigenvalue weighted by Crippen LogP contribution is -1.78. The molecule has 16 heavy (non-hydrogen) atoms. The molecule has 1 aromatic carbocycles. The zero-order valence-corrected chi connectivity index (χ0v) is 11.8. The molecule has 0 nitrogen and oxygen atoms in total. The maximum Gasteiger partial charge on any atom is -0.00231 e. The van der Waals surface area contributed by atoms with Crippen molar-refractivity contribution < 1.29 is 0 Å². The first-order valence-electron chi connectivity index (χ1n) is 6.09. The second-order valence-corrected chi connectivity index (χ2v) is 4.48. The summed E-state index contributed by atoms with van der Waals surface area (Å²) < 4.78 is 0. The molecule has 0 amide bonds. The number of benzene rings is 1. The summed E-state index contributed by atoms with van der Waals surface area (Å²) in [7, 11) is 0. The fourth-order valence-corrected chi connectivity index (χ4v) is 1.89. The summed E-state index contributed by atoms with van der Waals surface area (Å²) in [4.78, 5) is 0. The van der Waals surface area contributed by atoms with Gasteiger partial charge in [-0.1, -0.05) is 44.2 Å². The van der Waals surface area contributed by atoms with Gasteiger partial charge in [-0.15, -0.1) is 11.8 Å². The molecule has 1 heterocycles. The number of aryl methyl sites for hydroxylation is 2. The van der Waals surface area contributed by atoms with E-state index in [0.717, 1.165) is 0 Å². The van der Waals surface area contributed by atoms with Crippen LogP contribution in [0.25, 0.3) is 0 Å². The van der Waals surface area contributed by atoms with Crippen LogP contribution < -0.4 is 0 Å². The van der Waals surface area contributed by atoms with E-state index >= 15 is 0 Å². The first kappa shape index (κ1) is 15.3. The molecule has 0 N–H and O–H groups in total. The highest BCUT2D eigenvalue weighted by molar-refractivity contribution is 8.02. The van der Waals surface area contributed by atoms with Crippen LogP contribution in [0.3, 0.4) is 0 Å². The molecular formula is C15H24S. The number of hydrogen-bond donors (Lipinski definition) is 0. The Morgan fingerprint density at radius 2 is 1.56 bits per heavy atom. The standard InChI is InChI=1S/C8H10.C5H8S.C2H6/c1-7-5-3-4-6-8(7)2;1-2-4-6-5-3-1;1-2/h3-6H,1-2H3;2,4H,1,3,5H2;1-2H3. The van der Waals surface area contributed by atoms with Crippen LogP contribution in [0, 0.1) is 13.8 Å². The molecule has 0 atom stereocenters. The molecule has 0 spiro atoms. The van der Waals surface area contributed by atoms with Crippen LogP contribution in [-0.4, -0.2) is 5.75 Å². The normalized spacial score (nSPS) is 13.0. The van der Waals surface area contributed by atoms with Crippen molar-refractivity contribution in [1.82, 2.24) is 0 Å². The molecule has 1 aliphatic rings. The monoisotopic (exact) mass is 236 g/mol. The van der Waals surface area contributed by atoms with Gasteiger partial charge in [-0.25, -0.2) is 0 Å². The lowest BCUT2D eigenvalue weighted by Gasteiger charge is -1.97. The summed E-state index contributed by atoms with van der Waals surface area (Å²) in [5, 5.41) is 2.18. The summed E-state index contributed by atoms with van der Waals surface area (Å²) in [6, 6.07) is 8.36. The van der Waals surface area contributed by atoms with E-state index < -0.39 is 0 Å². The molecule has 0 unspecified atom stereocenters. The molecular weight excluding hydrogens is 212 g/mol. The minimum absolute atomic E-state index is 1.30. The van der Waals surface area contributed by atoms with Crippen molar-refractivity contribution in [2.75, 3.05) is 5.75 Å². The summed E-state index contributed by atoms with van der Waals surface area (Å²) in [5.74, 6) is 1.33. The first-order valence-corrected chi connectivity index (χ1v) is 7.14. The van der Waals surface area contributed by atoms with Crippen LogP contribution in [0.4, 0.5) is 0 Å². The third-order valence-corrected chi connectivity index (χ3v) is 3.16. The predicted molar refractivity (Wildman–Crippen MR) is 78.1 cm³/mol. The molecule has 1 aliphatic heterocycles. The van der Waals surface area contributed by atoms with E-state index in [1.807, 2.05) is 25.6 Å². The van der Waals surface area contributed by atoms with E-state index in [-0.39, 0.29) is 0 Å². The number of rotatable bonds is 0. The Labute approximate surface area is 105 Å². The number of thioether (sulfide) groups is 1. The van der Waals surface area contributed by atoms with Gasteiger partial charge in [0, 0.05) is 0 Å². The average Bonchev–Trinajstić information content (AvgIpc) is 2.38. The van der Waals surface area contributed by atoms with Crippen molar-refractivity contribution in [1.29, 1.82) is 0 Å². The van der Waals surface area contributed by atoms with Crippen molar-refractivity contribution >= 4 is 11.8 Å². The minimum atomic E-state index is 1.30. The zero-order valence-electron chi connectivity index (χ0n) is 11.0. The van der Waals surface area contributed by atoms with Crippen LogP contribution in [-0.2, 0) is 0 Å². The molecule has 0 saturated carbocycles. The summed E-state index contributed by atoms with van der Waals surface area (Å²) in [5.41, 5.74) is 2.74. The molecule has 1 heteroatoms. The fourth-order valence-electron chi connectivity index (χ4n) is 1.15. The third kappa shape index (κ3) is 7.58. The Hall–Kier alpha value is -0.690. The van der Waals surface area contributed by atoms with Gasteiger partial charge in [-0.05, 0) is 49.0 Å². The molecule has 0 aromatic heterocycles. The van der Waals surface area contributed by atoms with Crippen molar-refractivity contribution in [3.8, 4) is 0 Å². The fraction of sp³-hybridized carbons (Fsp3) is 0.467. The lowest BCUT2D eigenvalue weighted by atomic mass is 10.1. The molecule has 0 fully saturated rings. The van der Waals surface area contributed by atoms with Crippen molar-refractivity contribution in [3.63, 3.8) is 0 Å². The highest BCUT2D eigenvalue weighted by Crippen LogP contribution is 2.12. The first-order chi connectivity index (χ1) is 7.80. The largest absolute Gasteiger partial charge is 0.134 e. The molecule has 0 bridgehead atoms. The smallest absolute Gasteiger partial charge is 0.00231 e. The van der Waals surface area contributed by atoms with Crippen LogP contribution in [0.5, 0.6) is 0 Å². The van der Waals surface area contributed by atoms with Gasteiger partial charge in [0.15, 0.2) is 0 Å². The third-order valence-electron chi connectivity index (χ3n) is 2.25. The van der Waals surface area contributed by atoms with E-state index in [9.17, 15) is 0 Å². The van der Waals surface area contributed by atoms with Gasteiger partial charge in [0.25, 0.3) is 0 Å². The van der Waals surface area contributed by atoms with Gasteiger partial charge in [0.2, 0.25) is 0 Å². The molecule has 0 saturated heterocycles. The highest BCUT2D eigenvalue weighted by Gasteiger charge is 1.87. The van der Waals surface area contributed by atoms with Gasteiger partial charge in [-0.3, -0.25) is 0 Å². The second-order valence-electron chi connectivity index (χ2n) is 3.47. The Kier molecular flexibility index (Phi) is 10.3. The average molecular weight is 236 g/mol. The maximum atomic E-state index is 2.23. The van der Waals surface area contributed by atoms with Crippen molar-refractivity contribution in [2.24, 2.45) is 0 Å². The van der Waals surface area contributed by atoms with Crippen molar-refractivity contribution in [3.05, 3.63) is 46.9 Å². The highest BCUT2D eigenvalue weighted by atomic mass is 32.2. The van der Waals surface area contributed by atoms with Crippen LogP contribution in [0.15, 0.2) is 35.7 Å². The molecule has 90 valence electrons. The SMILES string of the molecule is C1=CSCCC1.CC.Cc1ccccc1C. The quantitative estimate of drug-likeness (QED) is 0.584. The van der Waals surface area contributed by atoms with Crippen LogP contribution in [0.2, 0.25) is 0 Å². The summed E-state index contributed by atoms with van der Waals surface area (Å²) >= 11 is 1.91. The molecule has 0 aliphatic carbocycles. The Morgan fingerprint density at radius 3 is 1.75 bits per heavy atom. The number of hydrogen-bond acceptors (Lipinski definition) is 1. The predicted octanol–water partition coefficient (Wildman–Crippen LogP) is 5.36.